The van der Waals surface area contributed by atoms with Gasteiger partial charge < -0.3 is 4.90 Å². The number of carbonyl (C=O) groups excluding carboxylic acids is 1. The van der Waals surface area contributed by atoms with Crippen LogP contribution in [0.2, 0.25) is 10.0 Å². The number of nitrogens with one attached hydrogen (secondary N) is 1. The molecule has 28 heavy (non-hydrogen) atoms. The molecule has 6 nitrogen and oxygen atoms in total. The van der Waals surface area contributed by atoms with E-state index in [1.165, 1.54) is 0 Å². The standard InChI is InChI=1S/C20H19Cl2N5O/c1-10-8-15-18(24-12(3)25-19(15)17-6-7-23-26-17)11(2)27(10)20(28)14-5-4-13(21)9-16(14)22/h4-7,9-11H,8H2,1-3H3,(H,23,26)/t10-,11-/m0/s1. The normalized spacial score (nSPS) is 18.8. The zero-order valence-electron chi connectivity index (χ0n) is 15.7. The van der Waals surface area contributed by atoms with Gasteiger partial charge in [0.1, 0.15) is 5.82 Å². The summed E-state index contributed by atoms with van der Waals surface area (Å²) in [4.78, 5) is 24.4. The van der Waals surface area contributed by atoms with E-state index < -0.39 is 0 Å². The minimum Gasteiger partial charge on any atom is -0.327 e. The average Bonchev–Trinajstić information content (AvgIpc) is 3.16. The van der Waals surface area contributed by atoms with Crippen molar-refractivity contribution in [2.45, 2.75) is 39.3 Å². The molecule has 0 saturated carbocycles. The number of nitrogens with zero attached hydrogens (tertiary/aromatic N) is 4. The third-order valence-corrected chi connectivity index (χ3v) is 5.64. The van der Waals surface area contributed by atoms with Crippen LogP contribution in [0.3, 0.4) is 0 Å². The number of aryl methyl sites for hydroxylation is 1. The molecule has 0 unspecified atom stereocenters. The van der Waals surface area contributed by atoms with Crippen LogP contribution < -0.4 is 0 Å². The molecule has 1 amide bonds. The first-order chi connectivity index (χ1) is 13.4. The Hall–Kier alpha value is -2.44. The third-order valence-electron chi connectivity index (χ3n) is 5.09. The zero-order chi connectivity index (χ0) is 20.0. The summed E-state index contributed by atoms with van der Waals surface area (Å²) in [5.41, 5.74) is 4.03. The fourth-order valence-electron chi connectivity index (χ4n) is 3.86. The van der Waals surface area contributed by atoms with Gasteiger partial charge in [0.05, 0.1) is 33.7 Å². The maximum absolute atomic E-state index is 13.3. The Morgan fingerprint density at radius 3 is 2.68 bits per heavy atom. The predicted octanol–water partition coefficient (Wildman–Crippen LogP) is 4.63. The van der Waals surface area contributed by atoms with E-state index in [1.54, 1.807) is 24.4 Å². The second-order valence-electron chi connectivity index (χ2n) is 7.02. The summed E-state index contributed by atoms with van der Waals surface area (Å²) in [6, 6.07) is 6.56. The van der Waals surface area contributed by atoms with Gasteiger partial charge in [-0.05, 0) is 51.5 Å². The van der Waals surface area contributed by atoms with Crippen molar-refractivity contribution in [1.29, 1.82) is 0 Å². The Bertz CT molecular complexity index is 1050. The number of fused-ring (bicyclic) bond motifs is 1. The monoisotopic (exact) mass is 415 g/mol. The van der Waals surface area contributed by atoms with Crippen molar-refractivity contribution in [3.05, 3.63) is 63.2 Å². The smallest absolute Gasteiger partial charge is 0.256 e. The van der Waals surface area contributed by atoms with Crippen LogP contribution in [-0.2, 0) is 6.42 Å². The molecule has 4 rings (SSSR count). The van der Waals surface area contributed by atoms with Gasteiger partial charge in [0.2, 0.25) is 0 Å². The topological polar surface area (TPSA) is 74.8 Å². The first-order valence-corrected chi connectivity index (χ1v) is 9.77. The van der Waals surface area contributed by atoms with E-state index >= 15 is 0 Å². The summed E-state index contributed by atoms with van der Waals surface area (Å²) in [5, 5.41) is 7.87. The Balaban J connectivity index is 1.78. The largest absolute Gasteiger partial charge is 0.327 e. The summed E-state index contributed by atoms with van der Waals surface area (Å²) < 4.78 is 0. The number of benzene rings is 1. The van der Waals surface area contributed by atoms with E-state index in [4.69, 9.17) is 23.2 Å². The molecule has 0 fully saturated rings. The lowest BCUT2D eigenvalue weighted by molar-refractivity contribution is 0.0574. The zero-order valence-corrected chi connectivity index (χ0v) is 17.2. The molecule has 0 spiro atoms. The van der Waals surface area contributed by atoms with Crippen LogP contribution in [0.15, 0.2) is 30.5 Å². The van der Waals surface area contributed by atoms with E-state index in [1.807, 2.05) is 31.7 Å². The first-order valence-electron chi connectivity index (χ1n) is 9.01. The molecule has 144 valence electrons. The van der Waals surface area contributed by atoms with Crippen LogP contribution in [0.5, 0.6) is 0 Å². The van der Waals surface area contributed by atoms with Crippen LogP contribution in [0.25, 0.3) is 11.4 Å². The van der Waals surface area contributed by atoms with Gasteiger partial charge in [-0.25, -0.2) is 9.97 Å². The lowest BCUT2D eigenvalue weighted by Crippen LogP contribution is -2.45. The van der Waals surface area contributed by atoms with Gasteiger partial charge in [0.15, 0.2) is 0 Å². The Morgan fingerprint density at radius 1 is 1.21 bits per heavy atom. The lowest BCUT2D eigenvalue weighted by atomic mass is 9.90. The van der Waals surface area contributed by atoms with Crippen molar-refractivity contribution in [3.8, 4) is 11.4 Å². The molecule has 1 aromatic carbocycles. The Kier molecular flexibility index (Phi) is 4.85. The van der Waals surface area contributed by atoms with Gasteiger partial charge in [-0.3, -0.25) is 9.89 Å². The molecule has 0 radical (unpaired) electrons. The molecule has 8 heteroatoms. The highest BCUT2D eigenvalue weighted by atomic mass is 35.5. The molecule has 1 aliphatic rings. The molecule has 1 N–H and O–H groups in total. The number of amides is 1. The summed E-state index contributed by atoms with van der Waals surface area (Å²) in [6.07, 6.45) is 2.35. The molecule has 2 atom stereocenters. The number of H-pyrrole nitrogens is 1. The minimum absolute atomic E-state index is 0.0466. The summed E-state index contributed by atoms with van der Waals surface area (Å²) >= 11 is 12.3. The van der Waals surface area contributed by atoms with Gasteiger partial charge in [-0.15, -0.1) is 0 Å². The van der Waals surface area contributed by atoms with Gasteiger partial charge in [-0.1, -0.05) is 23.2 Å². The number of halogens is 2. The van der Waals surface area contributed by atoms with Gasteiger partial charge in [-0.2, -0.15) is 5.10 Å². The molecular formula is C20H19Cl2N5O. The Labute approximate surface area is 172 Å². The van der Waals surface area contributed by atoms with E-state index in [0.717, 1.165) is 22.6 Å². The predicted molar refractivity (Wildman–Crippen MR) is 109 cm³/mol. The molecule has 1 aliphatic heterocycles. The maximum atomic E-state index is 13.3. The molecular weight excluding hydrogens is 397 g/mol. The summed E-state index contributed by atoms with van der Waals surface area (Å²) in [7, 11) is 0. The van der Waals surface area contributed by atoms with Gasteiger partial charge in [0, 0.05) is 22.8 Å². The van der Waals surface area contributed by atoms with Crippen molar-refractivity contribution in [2.75, 3.05) is 0 Å². The SMILES string of the molecule is Cc1nc(-c2ccn[nH]2)c2c(n1)[C@H](C)N(C(=O)c1ccc(Cl)cc1Cl)[C@@H](C)C2. The lowest BCUT2D eigenvalue weighted by Gasteiger charge is -2.40. The molecule has 0 bridgehead atoms. The highest BCUT2D eigenvalue weighted by molar-refractivity contribution is 6.36. The molecule has 3 aromatic rings. The molecule has 2 aromatic heterocycles. The number of aromatic nitrogens is 4. The fraction of sp³-hybridized carbons (Fsp3) is 0.300. The number of rotatable bonds is 2. The van der Waals surface area contributed by atoms with Crippen molar-refractivity contribution in [3.63, 3.8) is 0 Å². The van der Waals surface area contributed by atoms with Crippen LogP contribution in [0.1, 0.15) is 47.3 Å². The molecule has 3 heterocycles. The van der Waals surface area contributed by atoms with E-state index in [-0.39, 0.29) is 18.0 Å². The van der Waals surface area contributed by atoms with Crippen molar-refractivity contribution in [1.82, 2.24) is 25.1 Å². The minimum atomic E-state index is -0.221. The maximum Gasteiger partial charge on any atom is 0.256 e. The quantitative estimate of drug-likeness (QED) is 0.661. The van der Waals surface area contributed by atoms with Crippen molar-refractivity contribution in [2.24, 2.45) is 0 Å². The van der Waals surface area contributed by atoms with Crippen LogP contribution in [0, 0.1) is 6.92 Å². The molecule has 0 saturated heterocycles. The summed E-state index contributed by atoms with van der Waals surface area (Å²) in [6.45, 7) is 5.87. The van der Waals surface area contributed by atoms with Crippen molar-refractivity contribution >= 4 is 29.1 Å². The first kappa shape index (κ1) is 18.9. The second kappa shape index (κ2) is 7.18. The highest BCUT2D eigenvalue weighted by Crippen LogP contribution is 2.37. The van der Waals surface area contributed by atoms with Gasteiger partial charge in [0.25, 0.3) is 5.91 Å². The van der Waals surface area contributed by atoms with Crippen molar-refractivity contribution < 1.29 is 4.79 Å². The summed E-state index contributed by atoms with van der Waals surface area (Å²) in [5.74, 6) is 0.522. The number of hydrogen-bond acceptors (Lipinski definition) is 4. The average molecular weight is 416 g/mol. The van der Waals surface area contributed by atoms with Gasteiger partial charge >= 0.3 is 0 Å². The van der Waals surface area contributed by atoms with Crippen LogP contribution >= 0.6 is 23.2 Å². The second-order valence-corrected chi connectivity index (χ2v) is 7.86. The Morgan fingerprint density at radius 2 is 2.00 bits per heavy atom. The third kappa shape index (κ3) is 3.16. The highest BCUT2D eigenvalue weighted by Gasteiger charge is 2.37. The number of aromatic amines is 1. The van der Waals surface area contributed by atoms with Crippen LogP contribution in [0.4, 0.5) is 0 Å². The fourth-order valence-corrected chi connectivity index (χ4v) is 4.35. The number of carbonyl (C=O) groups is 1. The number of hydrogen-bond donors (Lipinski definition) is 1. The molecule has 0 aliphatic carbocycles. The van der Waals surface area contributed by atoms with E-state index in [2.05, 4.69) is 20.2 Å². The van der Waals surface area contributed by atoms with Crippen LogP contribution in [-0.4, -0.2) is 37.0 Å². The van der Waals surface area contributed by atoms with E-state index in [0.29, 0.717) is 27.9 Å². The van der Waals surface area contributed by atoms with E-state index in [9.17, 15) is 4.79 Å².